The lowest BCUT2D eigenvalue weighted by Crippen LogP contribution is -2.44. The third-order valence-corrected chi connectivity index (χ3v) is 4.41. The van der Waals surface area contributed by atoms with Gasteiger partial charge in [-0.25, -0.2) is 0 Å². The van der Waals surface area contributed by atoms with Crippen LogP contribution in [0.1, 0.15) is 20.3 Å². The zero-order valence-electron chi connectivity index (χ0n) is 13.2. The molecule has 1 fully saturated rings. The second-order valence-electron chi connectivity index (χ2n) is 6.58. The normalized spacial score (nSPS) is 22.0. The SMILES string of the molecule is C[C@@H]1C[C@@H](C)CN(C(=O)Cn2ccc3ccccc3c2=O)C1. The van der Waals surface area contributed by atoms with E-state index >= 15 is 0 Å². The predicted octanol–water partition coefficient (Wildman–Crippen LogP) is 2.51. The first-order valence-electron chi connectivity index (χ1n) is 7.90. The van der Waals surface area contributed by atoms with Gasteiger partial charge in [-0.05, 0) is 35.8 Å². The van der Waals surface area contributed by atoms with E-state index in [0.29, 0.717) is 17.2 Å². The highest BCUT2D eigenvalue weighted by molar-refractivity contribution is 5.82. The summed E-state index contributed by atoms with van der Waals surface area (Å²) in [6.07, 6.45) is 2.89. The highest BCUT2D eigenvalue weighted by Crippen LogP contribution is 2.21. The predicted molar refractivity (Wildman–Crippen MR) is 87.7 cm³/mol. The number of fused-ring (bicyclic) bond motifs is 1. The van der Waals surface area contributed by atoms with Gasteiger partial charge in [0.25, 0.3) is 5.56 Å². The number of rotatable bonds is 2. The molecule has 0 aliphatic carbocycles. The van der Waals surface area contributed by atoms with Crippen LogP contribution in [0, 0.1) is 11.8 Å². The first-order chi connectivity index (χ1) is 10.5. The second-order valence-corrected chi connectivity index (χ2v) is 6.58. The van der Waals surface area contributed by atoms with E-state index < -0.39 is 0 Å². The van der Waals surface area contributed by atoms with Crippen LogP contribution in [-0.2, 0) is 11.3 Å². The Kier molecular flexibility index (Phi) is 4.01. The summed E-state index contributed by atoms with van der Waals surface area (Å²) in [7, 11) is 0. The molecule has 2 aromatic rings. The Hall–Kier alpha value is -2.10. The Morgan fingerprint density at radius 2 is 1.82 bits per heavy atom. The van der Waals surface area contributed by atoms with Gasteiger partial charge in [-0.1, -0.05) is 32.0 Å². The molecule has 4 nitrogen and oxygen atoms in total. The van der Waals surface area contributed by atoms with Crippen molar-refractivity contribution in [3.8, 4) is 0 Å². The third kappa shape index (κ3) is 2.91. The molecule has 1 aromatic heterocycles. The highest BCUT2D eigenvalue weighted by Gasteiger charge is 2.25. The smallest absolute Gasteiger partial charge is 0.258 e. The quantitative estimate of drug-likeness (QED) is 0.855. The minimum absolute atomic E-state index is 0.0378. The minimum atomic E-state index is -0.0930. The van der Waals surface area contributed by atoms with Crippen LogP contribution in [0.25, 0.3) is 10.8 Å². The summed E-state index contributed by atoms with van der Waals surface area (Å²) >= 11 is 0. The van der Waals surface area contributed by atoms with Gasteiger partial charge in [-0.15, -0.1) is 0 Å². The summed E-state index contributed by atoms with van der Waals surface area (Å²) in [6, 6.07) is 9.38. The number of hydrogen-bond acceptors (Lipinski definition) is 2. The van der Waals surface area contributed by atoms with Crippen molar-refractivity contribution in [1.29, 1.82) is 0 Å². The molecule has 0 radical (unpaired) electrons. The molecule has 0 unspecified atom stereocenters. The fourth-order valence-corrected chi connectivity index (χ4v) is 3.47. The van der Waals surface area contributed by atoms with E-state index in [2.05, 4.69) is 13.8 Å². The van der Waals surface area contributed by atoms with Crippen molar-refractivity contribution >= 4 is 16.7 Å². The topological polar surface area (TPSA) is 42.3 Å². The van der Waals surface area contributed by atoms with E-state index in [1.165, 1.54) is 11.0 Å². The molecule has 0 saturated carbocycles. The van der Waals surface area contributed by atoms with Crippen LogP contribution in [0.4, 0.5) is 0 Å². The van der Waals surface area contributed by atoms with Gasteiger partial charge in [-0.2, -0.15) is 0 Å². The average molecular weight is 298 g/mol. The van der Waals surface area contributed by atoms with Gasteiger partial charge in [0.05, 0.1) is 0 Å². The third-order valence-electron chi connectivity index (χ3n) is 4.41. The number of carbonyl (C=O) groups is 1. The van der Waals surface area contributed by atoms with E-state index in [1.807, 2.05) is 35.2 Å². The summed E-state index contributed by atoms with van der Waals surface area (Å²) in [4.78, 5) is 26.9. The standard InChI is InChI=1S/C18H22N2O2/c1-13-9-14(2)11-20(10-13)17(21)12-19-8-7-15-5-3-4-6-16(15)18(19)22/h3-8,13-14H,9-12H2,1-2H3/t13-,14-/m1/s1. The lowest BCUT2D eigenvalue weighted by Gasteiger charge is -2.35. The number of pyridine rings is 1. The van der Waals surface area contributed by atoms with E-state index in [4.69, 9.17) is 0 Å². The fourth-order valence-electron chi connectivity index (χ4n) is 3.47. The number of nitrogens with zero attached hydrogens (tertiary/aromatic N) is 2. The minimum Gasteiger partial charge on any atom is -0.341 e. The summed E-state index contributed by atoms with van der Waals surface area (Å²) < 4.78 is 1.52. The Bertz CT molecular complexity index is 740. The summed E-state index contributed by atoms with van der Waals surface area (Å²) in [5, 5.41) is 1.58. The number of aromatic nitrogens is 1. The zero-order valence-corrected chi connectivity index (χ0v) is 13.2. The summed E-state index contributed by atoms with van der Waals surface area (Å²) in [6.45, 7) is 6.08. The first kappa shape index (κ1) is 14.8. The monoisotopic (exact) mass is 298 g/mol. The van der Waals surface area contributed by atoms with Crippen molar-refractivity contribution in [3.63, 3.8) is 0 Å². The molecule has 4 heteroatoms. The van der Waals surface area contributed by atoms with E-state index in [-0.39, 0.29) is 18.0 Å². The molecule has 2 atom stereocenters. The Morgan fingerprint density at radius 3 is 2.55 bits per heavy atom. The van der Waals surface area contributed by atoms with Crippen LogP contribution >= 0.6 is 0 Å². The number of likely N-dealkylation sites (tertiary alicyclic amines) is 1. The van der Waals surface area contributed by atoms with E-state index in [9.17, 15) is 9.59 Å². The molecule has 1 aliphatic rings. The van der Waals surface area contributed by atoms with E-state index in [1.54, 1.807) is 6.20 Å². The molecule has 1 saturated heterocycles. The Balaban J connectivity index is 1.82. The molecule has 0 bridgehead atoms. The number of amides is 1. The van der Waals surface area contributed by atoms with Gasteiger partial charge in [0.1, 0.15) is 6.54 Å². The van der Waals surface area contributed by atoms with Crippen LogP contribution in [0.3, 0.4) is 0 Å². The largest absolute Gasteiger partial charge is 0.341 e. The van der Waals surface area contributed by atoms with Crippen LogP contribution in [0.15, 0.2) is 41.3 Å². The molecule has 1 aromatic carbocycles. The van der Waals surface area contributed by atoms with Crippen LogP contribution in [0.5, 0.6) is 0 Å². The zero-order chi connectivity index (χ0) is 15.7. The van der Waals surface area contributed by atoms with Crippen molar-refractivity contribution in [2.24, 2.45) is 11.8 Å². The molecule has 3 rings (SSSR count). The molecular formula is C18H22N2O2. The lowest BCUT2D eigenvalue weighted by atomic mass is 9.92. The van der Waals surface area contributed by atoms with Gasteiger partial charge in [0.2, 0.25) is 5.91 Å². The van der Waals surface area contributed by atoms with Crippen molar-refractivity contribution < 1.29 is 4.79 Å². The lowest BCUT2D eigenvalue weighted by molar-refractivity contribution is -0.134. The van der Waals surface area contributed by atoms with Gasteiger partial charge in [-0.3, -0.25) is 9.59 Å². The molecule has 0 spiro atoms. The van der Waals surface area contributed by atoms with Crippen molar-refractivity contribution in [1.82, 2.24) is 9.47 Å². The first-order valence-corrected chi connectivity index (χ1v) is 7.90. The molecular weight excluding hydrogens is 276 g/mol. The number of carbonyl (C=O) groups excluding carboxylic acids is 1. The Morgan fingerprint density at radius 1 is 1.14 bits per heavy atom. The van der Waals surface area contributed by atoms with Gasteiger partial charge >= 0.3 is 0 Å². The van der Waals surface area contributed by atoms with Crippen molar-refractivity contribution in [2.75, 3.05) is 13.1 Å². The molecule has 1 aliphatic heterocycles. The molecule has 22 heavy (non-hydrogen) atoms. The van der Waals surface area contributed by atoms with Crippen molar-refractivity contribution in [3.05, 3.63) is 46.9 Å². The average Bonchev–Trinajstić information content (AvgIpc) is 2.49. The fraction of sp³-hybridized carbons (Fsp3) is 0.444. The maximum atomic E-state index is 12.5. The number of benzene rings is 1. The van der Waals surface area contributed by atoms with Crippen molar-refractivity contribution in [2.45, 2.75) is 26.8 Å². The Labute approximate surface area is 130 Å². The van der Waals surface area contributed by atoms with Crippen LogP contribution in [-0.4, -0.2) is 28.5 Å². The van der Waals surface area contributed by atoms with Gasteiger partial charge in [0, 0.05) is 24.7 Å². The maximum absolute atomic E-state index is 12.5. The summed E-state index contributed by atoms with van der Waals surface area (Å²) in [5.41, 5.74) is -0.0930. The van der Waals surface area contributed by atoms with Gasteiger partial charge < -0.3 is 9.47 Å². The second kappa shape index (κ2) is 5.95. The summed E-state index contributed by atoms with van der Waals surface area (Å²) in [5.74, 6) is 1.10. The molecule has 2 heterocycles. The molecule has 0 N–H and O–H groups in total. The molecule has 1 amide bonds. The highest BCUT2D eigenvalue weighted by atomic mass is 16.2. The van der Waals surface area contributed by atoms with Crippen LogP contribution in [0.2, 0.25) is 0 Å². The van der Waals surface area contributed by atoms with Crippen LogP contribution < -0.4 is 5.56 Å². The number of hydrogen-bond donors (Lipinski definition) is 0. The number of piperidine rings is 1. The van der Waals surface area contributed by atoms with Gasteiger partial charge in [0.15, 0.2) is 0 Å². The maximum Gasteiger partial charge on any atom is 0.258 e. The van der Waals surface area contributed by atoms with E-state index in [0.717, 1.165) is 18.5 Å². The molecule has 116 valence electrons.